The van der Waals surface area contributed by atoms with Gasteiger partial charge in [0.2, 0.25) is 0 Å². The first-order valence-electron chi connectivity index (χ1n) is 6.61. The van der Waals surface area contributed by atoms with Crippen LogP contribution >= 0.6 is 0 Å². The summed E-state index contributed by atoms with van der Waals surface area (Å²) in [7, 11) is 0. The lowest BCUT2D eigenvalue weighted by Gasteiger charge is -2.27. The Bertz CT molecular complexity index is 359. The fraction of sp³-hybridized carbons (Fsp3) is 0.600. The number of rotatable bonds is 7. The number of ether oxygens (including phenoxy) is 1. The quantitative estimate of drug-likeness (QED) is 0.781. The van der Waals surface area contributed by atoms with Gasteiger partial charge in [0.15, 0.2) is 0 Å². The number of aliphatic hydroxyl groups excluding tert-OH is 1. The van der Waals surface area contributed by atoms with Crippen LogP contribution < -0.4 is 10.1 Å². The van der Waals surface area contributed by atoms with Gasteiger partial charge in [0.05, 0.1) is 18.4 Å². The van der Waals surface area contributed by atoms with Gasteiger partial charge >= 0.3 is 0 Å². The predicted octanol–water partition coefficient (Wildman–Crippen LogP) is 3.29. The second kappa shape index (κ2) is 6.64. The average Bonchev–Trinajstić information content (AvgIpc) is 2.37. The van der Waals surface area contributed by atoms with Crippen molar-refractivity contribution in [2.45, 2.75) is 40.2 Å². The lowest BCUT2D eigenvalue weighted by atomic mass is 9.88. The lowest BCUT2D eigenvalue weighted by Crippen LogP contribution is -2.29. The number of hydrogen-bond acceptors (Lipinski definition) is 3. The third kappa shape index (κ3) is 4.22. The lowest BCUT2D eigenvalue weighted by molar-refractivity contribution is 0.149. The molecule has 3 heteroatoms. The summed E-state index contributed by atoms with van der Waals surface area (Å²) in [5, 5.41) is 12.8. The Kier molecular flexibility index (Phi) is 5.48. The first kappa shape index (κ1) is 14.8. The van der Waals surface area contributed by atoms with Gasteiger partial charge in [-0.3, -0.25) is 0 Å². The van der Waals surface area contributed by atoms with Crippen LogP contribution in [0.1, 0.15) is 34.1 Å². The van der Waals surface area contributed by atoms with Crippen molar-refractivity contribution in [2.75, 3.05) is 18.5 Å². The zero-order valence-corrected chi connectivity index (χ0v) is 11.9. The molecule has 102 valence electrons. The molecule has 0 spiro atoms. The van der Waals surface area contributed by atoms with Crippen molar-refractivity contribution in [3.63, 3.8) is 0 Å². The van der Waals surface area contributed by atoms with Crippen LogP contribution in [0.2, 0.25) is 0 Å². The maximum absolute atomic E-state index is 9.41. The predicted molar refractivity (Wildman–Crippen MR) is 76.2 cm³/mol. The van der Waals surface area contributed by atoms with Crippen LogP contribution in [0, 0.1) is 5.41 Å². The first-order chi connectivity index (χ1) is 8.50. The SMILES string of the molecule is CCC(C)(CO)CNc1ccccc1OC(C)C. The second-order valence-electron chi connectivity index (χ2n) is 5.34. The Morgan fingerprint density at radius 2 is 2.00 bits per heavy atom. The molecule has 0 amide bonds. The molecule has 0 fully saturated rings. The summed E-state index contributed by atoms with van der Waals surface area (Å²) >= 11 is 0. The van der Waals surface area contributed by atoms with Crippen molar-refractivity contribution in [3.05, 3.63) is 24.3 Å². The van der Waals surface area contributed by atoms with E-state index in [0.29, 0.717) is 0 Å². The van der Waals surface area contributed by atoms with Crippen LogP contribution in [0.3, 0.4) is 0 Å². The number of anilines is 1. The Morgan fingerprint density at radius 3 is 2.56 bits per heavy atom. The smallest absolute Gasteiger partial charge is 0.142 e. The van der Waals surface area contributed by atoms with Gasteiger partial charge in [-0.05, 0) is 32.4 Å². The van der Waals surface area contributed by atoms with Crippen molar-refractivity contribution in [1.29, 1.82) is 0 Å². The molecular formula is C15H25NO2. The summed E-state index contributed by atoms with van der Waals surface area (Å²) in [4.78, 5) is 0. The highest BCUT2D eigenvalue weighted by atomic mass is 16.5. The molecule has 1 aromatic carbocycles. The number of nitrogens with one attached hydrogen (secondary N) is 1. The maximum Gasteiger partial charge on any atom is 0.142 e. The Balaban J connectivity index is 2.72. The van der Waals surface area contributed by atoms with Gasteiger partial charge in [0, 0.05) is 12.0 Å². The van der Waals surface area contributed by atoms with E-state index in [1.54, 1.807) is 0 Å². The maximum atomic E-state index is 9.41. The molecule has 0 aliphatic rings. The van der Waals surface area contributed by atoms with Crippen molar-refractivity contribution >= 4 is 5.69 Å². The number of aliphatic hydroxyl groups is 1. The molecule has 1 unspecified atom stereocenters. The van der Waals surface area contributed by atoms with E-state index in [1.807, 2.05) is 38.1 Å². The standard InChI is InChI=1S/C15H25NO2/c1-5-15(4,11-17)10-16-13-8-6-7-9-14(13)18-12(2)3/h6-9,12,16-17H,5,10-11H2,1-4H3. The average molecular weight is 251 g/mol. The second-order valence-corrected chi connectivity index (χ2v) is 5.34. The molecule has 2 N–H and O–H groups in total. The van der Waals surface area contributed by atoms with Crippen molar-refractivity contribution in [1.82, 2.24) is 0 Å². The topological polar surface area (TPSA) is 41.5 Å². The molecule has 1 aromatic rings. The van der Waals surface area contributed by atoms with Crippen LogP contribution in [-0.4, -0.2) is 24.4 Å². The van der Waals surface area contributed by atoms with E-state index < -0.39 is 0 Å². The monoisotopic (exact) mass is 251 g/mol. The summed E-state index contributed by atoms with van der Waals surface area (Å²) in [6.07, 6.45) is 1.09. The molecule has 0 saturated carbocycles. The molecule has 1 atom stereocenters. The Labute approximate surface area is 110 Å². The highest BCUT2D eigenvalue weighted by Gasteiger charge is 2.21. The van der Waals surface area contributed by atoms with Crippen molar-refractivity contribution in [2.24, 2.45) is 5.41 Å². The van der Waals surface area contributed by atoms with Gasteiger partial charge < -0.3 is 15.2 Å². The van der Waals surface area contributed by atoms with Gasteiger partial charge in [-0.15, -0.1) is 0 Å². The minimum Gasteiger partial charge on any atom is -0.489 e. The fourth-order valence-electron chi connectivity index (χ4n) is 1.57. The summed E-state index contributed by atoms with van der Waals surface area (Å²) in [5.41, 5.74) is 0.893. The molecule has 0 aliphatic carbocycles. The van der Waals surface area contributed by atoms with Gasteiger partial charge in [-0.25, -0.2) is 0 Å². The number of para-hydroxylation sites is 2. The first-order valence-corrected chi connectivity index (χ1v) is 6.61. The largest absolute Gasteiger partial charge is 0.489 e. The molecule has 0 radical (unpaired) electrons. The molecule has 3 nitrogen and oxygen atoms in total. The molecular weight excluding hydrogens is 226 g/mol. The van der Waals surface area contributed by atoms with Crippen LogP contribution in [0.4, 0.5) is 5.69 Å². The molecule has 0 bridgehead atoms. The molecule has 1 rings (SSSR count). The van der Waals surface area contributed by atoms with Crippen LogP contribution in [0.5, 0.6) is 5.75 Å². The third-order valence-corrected chi connectivity index (χ3v) is 3.19. The highest BCUT2D eigenvalue weighted by molar-refractivity contribution is 5.56. The zero-order chi connectivity index (χ0) is 13.6. The molecule has 0 aromatic heterocycles. The van der Waals surface area contributed by atoms with E-state index in [0.717, 1.165) is 24.4 Å². The highest BCUT2D eigenvalue weighted by Crippen LogP contribution is 2.27. The summed E-state index contributed by atoms with van der Waals surface area (Å²) < 4.78 is 5.75. The van der Waals surface area contributed by atoms with Crippen LogP contribution in [0.25, 0.3) is 0 Å². The van der Waals surface area contributed by atoms with Crippen LogP contribution in [0.15, 0.2) is 24.3 Å². The normalized spacial score (nSPS) is 14.3. The summed E-state index contributed by atoms with van der Waals surface area (Å²) in [5.74, 6) is 0.865. The van der Waals surface area contributed by atoms with Gasteiger partial charge in [-0.1, -0.05) is 26.0 Å². The number of benzene rings is 1. The molecule has 0 saturated heterocycles. The van der Waals surface area contributed by atoms with Crippen LogP contribution in [-0.2, 0) is 0 Å². The fourth-order valence-corrected chi connectivity index (χ4v) is 1.57. The minimum absolute atomic E-state index is 0.0923. The van der Waals surface area contributed by atoms with E-state index >= 15 is 0 Å². The third-order valence-electron chi connectivity index (χ3n) is 3.19. The molecule has 0 heterocycles. The minimum atomic E-state index is -0.0923. The van der Waals surface area contributed by atoms with Crippen molar-refractivity contribution in [3.8, 4) is 5.75 Å². The summed E-state index contributed by atoms with van der Waals surface area (Å²) in [6, 6.07) is 7.92. The molecule has 18 heavy (non-hydrogen) atoms. The van der Waals surface area contributed by atoms with E-state index in [2.05, 4.69) is 19.2 Å². The van der Waals surface area contributed by atoms with E-state index in [4.69, 9.17) is 4.74 Å². The Morgan fingerprint density at radius 1 is 1.33 bits per heavy atom. The van der Waals surface area contributed by atoms with Gasteiger partial charge in [0.25, 0.3) is 0 Å². The van der Waals surface area contributed by atoms with E-state index in [-0.39, 0.29) is 18.1 Å². The summed E-state index contributed by atoms with van der Waals surface area (Å²) in [6.45, 7) is 9.11. The van der Waals surface area contributed by atoms with Gasteiger partial charge in [0.1, 0.15) is 5.75 Å². The van der Waals surface area contributed by atoms with Gasteiger partial charge in [-0.2, -0.15) is 0 Å². The van der Waals surface area contributed by atoms with E-state index in [9.17, 15) is 5.11 Å². The number of hydrogen-bond donors (Lipinski definition) is 2. The van der Waals surface area contributed by atoms with Crippen molar-refractivity contribution < 1.29 is 9.84 Å². The zero-order valence-electron chi connectivity index (χ0n) is 11.9. The Hall–Kier alpha value is -1.22. The molecule has 0 aliphatic heterocycles. The van der Waals surface area contributed by atoms with E-state index in [1.165, 1.54) is 0 Å².